The van der Waals surface area contributed by atoms with Crippen molar-refractivity contribution in [3.05, 3.63) is 41.7 Å². The largest absolute Gasteiger partial charge is 0.292 e. The van der Waals surface area contributed by atoms with Crippen LogP contribution in [0.1, 0.15) is 12.1 Å². The number of hydrogen-bond acceptors (Lipinski definition) is 4. The number of nitrogens with zero attached hydrogens (tertiary/aromatic N) is 2. The van der Waals surface area contributed by atoms with E-state index in [0.29, 0.717) is 11.3 Å². The summed E-state index contributed by atoms with van der Waals surface area (Å²) in [6.45, 7) is 0. The Morgan fingerprint density at radius 3 is 2.67 bits per heavy atom. The van der Waals surface area contributed by atoms with Crippen LogP contribution in [0.25, 0.3) is 17.1 Å². The molecule has 1 aliphatic heterocycles. The second kappa shape index (κ2) is 4.03. The first-order valence-electron chi connectivity index (χ1n) is 5.49. The highest BCUT2D eigenvalue weighted by Crippen LogP contribution is 2.15. The van der Waals surface area contributed by atoms with Crippen molar-refractivity contribution >= 4 is 28.9 Å². The molecule has 0 bridgehead atoms. The number of amides is 2. The Kier molecular flexibility index (Phi) is 2.37. The molecule has 0 atom stereocenters. The zero-order chi connectivity index (χ0) is 12.5. The quantitative estimate of drug-likeness (QED) is 0.596. The molecule has 0 unspecified atom stereocenters. The maximum absolute atomic E-state index is 11.4. The van der Waals surface area contributed by atoms with E-state index in [1.165, 1.54) is 0 Å². The number of fused-ring (bicyclic) bond motifs is 1. The Hall–Kier alpha value is -2.56. The van der Waals surface area contributed by atoms with Gasteiger partial charge in [0.2, 0.25) is 5.91 Å². The normalized spacial score (nSPS) is 17.4. The third-order valence-electron chi connectivity index (χ3n) is 2.68. The maximum Gasteiger partial charge on any atom is 0.254 e. The Balaban J connectivity index is 2.02. The van der Waals surface area contributed by atoms with Crippen molar-refractivity contribution in [1.82, 2.24) is 15.3 Å². The molecule has 5 nitrogen and oxygen atoms in total. The molecule has 1 aromatic carbocycles. The van der Waals surface area contributed by atoms with Gasteiger partial charge >= 0.3 is 0 Å². The van der Waals surface area contributed by atoms with E-state index in [1.54, 1.807) is 12.3 Å². The molecule has 3 rings (SSSR count). The van der Waals surface area contributed by atoms with E-state index in [2.05, 4.69) is 15.3 Å². The van der Waals surface area contributed by atoms with Gasteiger partial charge in [0.15, 0.2) is 0 Å². The number of aromatic nitrogens is 2. The number of carbonyl (C=O) groups excluding carboxylic acids is 2. The summed E-state index contributed by atoms with van der Waals surface area (Å²) in [5.74, 6) is -0.630. The Labute approximate surface area is 103 Å². The molecule has 1 saturated heterocycles. The van der Waals surface area contributed by atoms with E-state index in [4.69, 9.17) is 0 Å². The van der Waals surface area contributed by atoms with Crippen LogP contribution in [0.4, 0.5) is 0 Å². The summed E-state index contributed by atoms with van der Waals surface area (Å²) in [4.78, 5) is 31.1. The lowest BCUT2D eigenvalue weighted by Crippen LogP contribution is -2.19. The number of benzene rings is 1. The molecule has 0 aliphatic carbocycles. The van der Waals surface area contributed by atoms with Crippen LogP contribution in [0.3, 0.4) is 0 Å². The molecule has 0 spiro atoms. The van der Waals surface area contributed by atoms with E-state index in [9.17, 15) is 9.59 Å². The number of hydrogen-bond donors (Lipinski definition) is 1. The molecule has 18 heavy (non-hydrogen) atoms. The molecular formula is C13H9N3O2. The smallest absolute Gasteiger partial charge is 0.254 e. The minimum atomic E-state index is -0.352. The molecule has 2 heterocycles. The molecule has 0 radical (unpaired) electrons. The van der Waals surface area contributed by atoms with Gasteiger partial charge < -0.3 is 0 Å². The number of rotatable bonds is 1. The van der Waals surface area contributed by atoms with Crippen molar-refractivity contribution in [3.63, 3.8) is 0 Å². The zero-order valence-corrected chi connectivity index (χ0v) is 9.38. The molecule has 1 fully saturated rings. The van der Waals surface area contributed by atoms with Gasteiger partial charge in [0, 0.05) is 5.57 Å². The highest BCUT2D eigenvalue weighted by Gasteiger charge is 2.23. The van der Waals surface area contributed by atoms with Gasteiger partial charge in [-0.15, -0.1) is 0 Å². The Morgan fingerprint density at radius 1 is 1.17 bits per heavy atom. The number of nitrogens with one attached hydrogen (secondary N) is 1. The van der Waals surface area contributed by atoms with Crippen LogP contribution in [-0.2, 0) is 9.59 Å². The Bertz CT molecular complexity index is 691. The molecule has 5 heteroatoms. The first kappa shape index (κ1) is 10.6. The summed E-state index contributed by atoms with van der Waals surface area (Å²) in [5.41, 5.74) is 2.56. The predicted molar refractivity (Wildman–Crippen MR) is 65.3 cm³/mol. The summed E-state index contributed by atoms with van der Waals surface area (Å²) < 4.78 is 0. The molecular weight excluding hydrogens is 230 g/mol. The summed E-state index contributed by atoms with van der Waals surface area (Å²) in [7, 11) is 0. The average Bonchev–Trinajstić information content (AvgIpc) is 2.68. The SMILES string of the molecule is O=C1CC(=Cc2cnc3ccccc3n2)C(=O)N1. The van der Waals surface area contributed by atoms with Crippen LogP contribution in [-0.4, -0.2) is 21.8 Å². The van der Waals surface area contributed by atoms with Gasteiger partial charge in [-0.1, -0.05) is 12.1 Å². The fraction of sp³-hybridized carbons (Fsp3) is 0.0769. The number of carbonyl (C=O) groups is 2. The topological polar surface area (TPSA) is 72.0 Å². The molecule has 2 aromatic rings. The maximum atomic E-state index is 11.4. The van der Waals surface area contributed by atoms with Crippen molar-refractivity contribution in [3.8, 4) is 0 Å². The van der Waals surface area contributed by atoms with Crippen LogP contribution in [0.5, 0.6) is 0 Å². The van der Waals surface area contributed by atoms with Crippen LogP contribution < -0.4 is 5.32 Å². The lowest BCUT2D eigenvalue weighted by molar-refractivity contribution is -0.124. The van der Waals surface area contributed by atoms with Crippen LogP contribution in [0, 0.1) is 0 Å². The molecule has 2 amide bonds. The molecule has 1 aliphatic rings. The van der Waals surface area contributed by atoms with E-state index in [1.807, 2.05) is 24.3 Å². The van der Waals surface area contributed by atoms with Gasteiger partial charge in [0.05, 0.1) is 29.3 Å². The van der Waals surface area contributed by atoms with Crippen LogP contribution in [0.15, 0.2) is 36.0 Å². The van der Waals surface area contributed by atoms with Gasteiger partial charge in [-0.05, 0) is 18.2 Å². The first-order valence-corrected chi connectivity index (χ1v) is 5.49. The summed E-state index contributed by atoms with van der Waals surface area (Å²) in [6.07, 6.45) is 3.29. The fourth-order valence-electron chi connectivity index (χ4n) is 1.84. The molecule has 88 valence electrons. The van der Waals surface area contributed by atoms with Crippen LogP contribution >= 0.6 is 0 Å². The fourth-order valence-corrected chi connectivity index (χ4v) is 1.84. The summed E-state index contributed by atoms with van der Waals surface area (Å²) in [6, 6.07) is 7.48. The predicted octanol–water partition coefficient (Wildman–Crippen LogP) is 1.06. The Morgan fingerprint density at radius 2 is 1.94 bits per heavy atom. The van der Waals surface area contributed by atoms with E-state index < -0.39 is 0 Å². The van der Waals surface area contributed by atoms with Crippen molar-refractivity contribution in [2.75, 3.05) is 0 Å². The van der Waals surface area contributed by atoms with Crippen molar-refractivity contribution in [1.29, 1.82) is 0 Å². The second-order valence-electron chi connectivity index (χ2n) is 4.01. The second-order valence-corrected chi connectivity index (χ2v) is 4.01. The lowest BCUT2D eigenvalue weighted by Gasteiger charge is -1.98. The van der Waals surface area contributed by atoms with E-state index in [-0.39, 0.29) is 18.2 Å². The highest BCUT2D eigenvalue weighted by molar-refractivity contribution is 6.15. The third kappa shape index (κ3) is 1.86. The number of imide groups is 1. The molecule has 1 N–H and O–H groups in total. The van der Waals surface area contributed by atoms with Gasteiger partial charge in [-0.2, -0.15) is 0 Å². The van der Waals surface area contributed by atoms with Crippen molar-refractivity contribution in [2.45, 2.75) is 6.42 Å². The van der Waals surface area contributed by atoms with Gasteiger partial charge in [0.25, 0.3) is 5.91 Å². The van der Waals surface area contributed by atoms with Crippen molar-refractivity contribution < 1.29 is 9.59 Å². The lowest BCUT2D eigenvalue weighted by atomic mass is 10.2. The minimum absolute atomic E-state index is 0.105. The van der Waals surface area contributed by atoms with Crippen molar-refractivity contribution in [2.24, 2.45) is 0 Å². The van der Waals surface area contributed by atoms with E-state index in [0.717, 1.165) is 11.0 Å². The monoisotopic (exact) mass is 239 g/mol. The average molecular weight is 239 g/mol. The first-order chi connectivity index (χ1) is 8.72. The standard InChI is InChI=1S/C13H9N3O2/c17-12-6-8(13(18)16-12)5-9-7-14-10-3-1-2-4-11(10)15-9/h1-5,7H,6H2,(H,16,17,18). The van der Waals surface area contributed by atoms with E-state index >= 15 is 0 Å². The van der Waals surface area contributed by atoms with Gasteiger partial charge in [0.1, 0.15) is 0 Å². The molecule has 0 saturated carbocycles. The number of para-hydroxylation sites is 2. The summed E-state index contributed by atoms with van der Waals surface area (Å²) in [5, 5.41) is 2.23. The third-order valence-corrected chi connectivity index (χ3v) is 2.68. The highest BCUT2D eigenvalue weighted by atomic mass is 16.2. The molecule has 1 aromatic heterocycles. The summed E-state index contributed by atoms with van der Waals surface area (Å²) >= 11 is 0. The zero-order valence-electron chi connectivity index (χ0n) is 9.38. The van der Waals surface area contributed by atoms with Gasteiger partial charge in [-0.3, -0.25) is 19.9 Å². The van der Waals surface area contributed by atoms with Crippen LogP contribution in [0.2, 0.25) is 0 Å². The van der Waals surface area contributed by atoms with Gasteiger partial charge in [-0.25, -0.2) is 4.98 Å². The minimum Gasteiger partial charge on any atom is -0.292 e.